The summed E-state index contributed by atoms with van der Waals surface area (Å²) in [6.45, 7) is 5.74. The number of aromatic nitrogens is 1. The van der Waals surface area contributed by atoms with Crippen LogP contribution in [0.2, 0.25) is 0 Å². The Balaban J connectivity index is 1.86. The van der Waals surface area contributed by atoms with Gasteiger partial charge in [0.2, 0.25) is 0 Å². The highest BCUT2D eigenvalue weighted by Crippen LogP contribution is 2.37. The van der Waals surface area contributed by atoms with E-state index >= 15 is 4.39 Å². The third-order valence-electron chi connectivity index (χ3n) is 5.48. The number of halogens is 4. The van der Waals surface area contributed by atoms with Gasteiger partial charge in [-0.3, -0.25) is 4.79 Å². The van der Waals surface area contributed by atoms with Crippen LogP contribution in [-0.2, 0) is 0 Å². The summed E-state index contributed by atoms with van der Waals surface area (Å²) >= 11 is 0. The topological polar surface area (TPSA) is 82.5 Å². The molecule has 0 saturated carbocycles. The number of nitrogens with zero attached hydrogens (tertiary/aromatic N) is 2. The highest BCUT2D eigenvalue weighted by Gasteiger charge is 2.38. The van der Waals surface area contributed by atoms with Crippen LogP contribution >= 0.6 is 0 Å². The number of amides is 2. The molecule has 10 heteroatoms. The van der Waals surface area contributed by atoms with Crippen molar-refractivity contribution in [1.29, 1.82) is 0 Å². The van der Waals surface area contributed by atoms with Crippen LogP contribution in [0.1, 0.15) is 49.7 Å². The molecule has 2 N–H and O–H groups in total. The summed E-state index contributed by atoms with van der Waals surface area (Å²) in [5.41, 5.74) is -1.15. The zero-order valence-corrected chi connectivity index (χ0v) is 18.3. The number of carbonyl (C=O) groups is 2. The quantitative estimate of drug-likeness (QED) is 0.577. The molecule has 1 fully saturated rings. The van der Waals surface area contributed by atoms with E-state index in [0.717, 1.165) is 0 Å². The maximum absolute atomic E-state index is 15.3. The molecular formula is C23H23F4N3O3. The van der Waals surface area contributed by atoms with E-state index in [4.69, 9.17) is 0 Å². The van der Waals surface area contributed by atoms with Crippen molar-refractivity contribution in [2.45, 2.75) is 39.7 Å². The smallest absolute Gasteiger partial charge is 0.407 e. The number of anilines is 1. The van der Waals surface area contributed by atoms with Crippen molar-refractivity contribution in [3.63, 3.8) is 0 Å². The average molecular weight is 465 g/mol. The van der Waals surface area contributed by atoms with Gasteiger partial charge in [0, 0.05) is 24.7 Å². The van der Waals surface area contributed by atoms with Crippen LogP contribution in [0.3, 0.4) is 0 Å². The number of likely N-dealkylation sites (tertiary alicyclic amines) is 1. The van der Waals surface area contributed by atoms with Crippen molar-refractivity contribution in [3.8, 4) is 0 Å². The van der Waals surface area contributed by atoms with Gasteiger partial charge in [-0.25, -0.2) is 27.3 Å². The first-order chi connectivity index (χ1) is 15.4. The number of hydrogen-bond donors (Lipinski definition) is 2. The molecule has 0 bridgehead atoms. The second-order valence-corrected chi connectivity index (χ2v) is 8.84. The van der Waals surface area contributed by atoms with Crippen molar-refractivity contribution >= 4 is 23.6 Å². The van der Waals surface area contributed by atoms with Crippen LogP contribution in [0, 0.1) is 22.9 Å². The van der Waals surface area contributed by atoms with Crippen molar-refractivity contribution < 1.29 is 32.3 Å². The van der Waals surface area contributed by atoms with E-state index < -0.39 is 52.3 Å². The molecule has 1 aliphatic heterocycles. The Morgan fingerprint density at radius 2 is 1.79 bits per heavy atom. The summed E-state index contributed by atoms with van der Waals surface area (Å²) in [6, 6.07) is 4.39. The lowest BCUT2D eigenvalue weighted by molar-refractivity contribution is 0.0719. The highest BCUT2D eigenvalue weighted by atomic mass is 19.1. The Bertz CT molecular complexity index is 1110. The number of piperidine rings is 1. The minimum Gasteiger partial charge on any atom is -0.465 e. The van der Waals surface area contributed by atoms with Gasteiger partial charge in [-0.2, -0.15) is 0 Å². The van der Waals surface area contributed by atoms with E-state index in [2.05, 4.69) is 10.3 Å². The number of carbonyl (C=O) groups excluding carboxylic acids is 1. The van der Waals surface area contributed by atoms with Gasteiger partial charge in [-0.1, -0.05) is 26.8 Å². The Labute approximate surface area is 187 Å². The van der Waals surface area contributed by atoms with Crippen molar-refractivity contribution in [2.75, 3.05) is 11.9 Å². The first-order valence-electron chi connectivity index (χ1n) is 10.2. The van der Waals surface area contributed by atoms with E-state index in [-0.39, 0.29) is 30.9 Å². The van der Waals surface area contributed by atoms with Crippen molar-refractivity contribution in [1.82, 2.24) is 9.88 Å². The molecule has 1 aromatic carbocycles. The summed E-state index contributed by atoms with van der Waals surface area (Å²) in [4.78, 5) is 29.2. The van der Waals surface area contributed by atoms with Crippen molar-refractivity contribution in [3.05, 3.63) is 64.6 Å². The SMILES string of the molecule is CC(C)(C)C1C/C(=C(/F)c2cccc(NC(=O)c3c(F)cc(F)cc3F)n2)CCN1C(=O)O. The van der Waals surface area contributed by atoms with Gasteiger partial charge in [0.25, 0.3) is 5.91 Å². The Hall–Kier alpha value is -3.43. The van der Waals surface area contributed by atoms with Crippen LogP contribution in [0.25, 0.3) is 5.83 Å². The number of rotatable bonds is 3. The fraction of sp³-hybridized carbons (Fsp3) is 0.348. The minimum atomic E-state index is -1.38. The molecule has 0 aliphatic carbocycles. The molecular weight excluding hydrogens is 442 g/mol. The number of carboxylic acid groups (broad SMARTS) is 1. The molecule has 1 atom stereocenters. The lowest BCUT2D eigenvalue weighted by Gasteiger charge is -2.42. The number of hydrogen-bond acceptors (Lipinski definition) is 3. The zero-order chi connectivity index (χ0) is 24.5. The molecule has 6 nitrogen and oxygen atoms in total. The van der Waals surface area contributed by atoms with Gasteiger partial charge >= 0.3 is 6.09 Å². The predicted octanol–water partition coefficient (Wildman–Crippen LogP) is 5.62. The molecule has 1 aliphatic rings. The second kappa shape index (κ2) is 9.21. The van der Waals surface area contributed by atoms with Crippen LogP contribution in [0.15, 0.2) is 35.9 Å². The summed E-state index contributed by atoms with van der Waals surface area (Å²) in [6.07, 6.45) is -0.724. The van der Waals surface area contributed by atoms with E-state index in [1.165, 1.54) is 23.1 Å². The van der Waals surface area contributed by atoms with Crippen LogP contribution in [0.5, 0.6) is 0 Å². The molecule has 0 spiro atoms. The Morgan fingerprint density at radius 1 is 1.15 bits per heavy atom. The fourth-order valence-electron chi connectivity index (χ4n) is 3.80. The van der Waals surface area contributed by atoms with E-state index in [1.807, 2.05) is 20.8 Å². The molecule has 1 saturated heterocycles. The lowest BCUT2D eigenvalue weighted by Crippen LogP contribution is -2.50. The maximum Gasteiger partial charge on any atom is 0.407 e. The third-order valence-corrected chi connectivity index (χ3v) is 5.48. The molecule has 3 rings (SSSR count). The normalized spacial score (nSPS) is 18.2. The standard InChI is InChI=1S/C23H23F4N3O3/c1-23(2,3)17-9-12(7-8-30(17)22(32)33)20(27)16-5-4-6-18(28-16)29-21(31)19-14(25)10-13(24)11-15(19)26/h4-6,10-11,17H,7-9H2,1-3H3,(H,32,33)(H,28,29,31)/b20-12+. The Morgan fingerprint density at radius 3 is 2.36 bits per heavy atom. The summed E-state index contributed by atoms with van der Waals surface area (Å²) in [5, 5.41) is 11.7. The van der Waals surface area contributed by atoms with Gasteiger partial charge in [-0.05, 0) is 36.0 Å². The van der Waals surface area contributed by atoms with E-state index in [0.29, 0.717) is 17.7 Å². The van der Waals surface area contributed by atoms with E-state index in [1.54, 1.807) is 0 Å². The maximum atomic E-state index is 15.3. The van der Waals surface area contributed by atoms with E-state index in [9.17, 15) is 27.9 Å². The van der Waals surface area contributed by atoms with Gasteiger partial charge < -0.3 is 15.3 Å². The molecule has 2 amide bonds. The van der Waals surface area contributed by atoms with Gasteiger partial charge in [0.05, 0.1) is 0 Å². The van der Waals surface area contributed by atoms with Crippen LogP contribution in [0.4, 0.5) is 28.2 Å². The largest absolute Gasteiger partial charge is 0.465 e. The summed E-state index contributed by atoms with van der Waals surface area (Å²) in [5.74, 6) is -5.94. The molecule has 2 heterocycles. The summed E-state index contributed by atoms with van der Waals surface area (Å²) in [7, 11) is 0. The molecule has 0 radical (unpaired) electrons. The van der Waals surface area contributed by atoms with Gasteiger partial charge in [0.1, 0.15) is 40.4 Å². The number of pyridine rings is 1. The van der Waals surface area contributed by atoms with Crippen LogP contribution in [-0.4, -0.2) is 39.6 Å². The molecule has 1 unspecified atom stereocenters. The van der Waals surface area contributed by atoms with Crippen molar-refractivity contribution in [2.24, 2.45) is 5.41 Å². The monoisotopic (exact) mass is 465 g/mol. The van der Waals surface area contributed by atoms with Gasteiger partial charge in [-0.15, -0.1) is 0 Å². The first-order valence-corrected chi connectivity index (χ1v) is 10.2. The summed E-state index contributed by atoms with van der Waals surface area (Å²) < 4.78 is 56.1. The zero-order valence-electron chi connectivity index (χ0n) is 18.3. The molecule has 2 aromatic rings. The second-order valence-electron chi connectivity index (χ2n) is 8.84. The lowest BCUT2D eigenvalue weighted by atomic mass is 9.79. The first kappa shape index (κ1) is 24.2. The third kappa shape index (κ3) is 5.32. The molecule has 176 valence electrons. The number of benzene rings is 1. The Kier molecular flexibility index (Phi) is 6.76. The minimum absolute atomic E-state index is 0.112. The highest BCUT2D eigenvalue weighted by molar-refractivity contribution is 6.04. The predicted molar refractivity (Wildman–Crippen MR) is 114 cm³/mol. The average Bonchev–Trinajstić information content (AvgIpc) is 2.71. The molecule has 33 heavy (non-hydrogen) atoms. The fourth-order valence-corrected chi connectivity index (χ4v) is 3.80. The molecule has 1 aromatic heterocycles. The number of nitrogens with one attached hydrogen (secondary N) is 1. The van der Waals surface area contributed by atoms with Crippen LogP contribution < -0.4 is 5.32 Å². The van der Waals surface area contributed by atoms with Gasteiger partial charge in [0.15, 0.2) is 0 Å².